The van der Waals surface area contributed by atoms with Crippen molar-refractivity contribution in [3.05, 3.63) is 87.8 Å². The van der Waals surface area contributed by atoms with Crippen LogP contribution < -0.4 is 0 Å². The summed E-state index contributed by atoms with van der Waals surface area (Å²) in [6.07, 6.45) is 0. The van der Waals surface area contributed by atoms with Crippen LogP contribution in [-0.2, 0) is 10.9 Å². The summed E-state index contributed by atoms with van der Waals surface area (Å²) in [5, 5.41) is 0. The monoisotopic (exact) mass is 443 g/mol. The summed E-state index contributed by atoms with van der Waals surface area (Å²) in [6, 6.07) is 19.3. The summed E-state index contributed by atoms with van der Waals surface area (Å²) in [4.78, 5) is 2.25. The van der Waals surface area contributed by atoms with Crippen LogP contribution in [0.2, 0.25) is 0 Å². The van der Waals surface area contributed by atoms with Crippen molar-refractivity contribution in [1.29, 1.82) is 0 Å². The molecule has 0 amide bonds. The van der Waals surface area contributed by atoms with E-state index in [1.807, 2.05) is 54.6 Å². The summed E-state index contributed by atoms with van der Waals surface area (Å²) in [5.41, 5.74) is 0. The lowest BCUT2D eigenvalue weighted by Crippen LogP contribution is -2.07. The normalized spacial score (nSPS) is 12.2. The van der Waals surface area contributed by atoms with Gasteiger partial charge in [0.15, 0.2) is 32.1 Å². The van der Waals surface area contributed by atoms with Gasteiger partial charge in [0.25, 0.3) is 0 Å². The van der Waals surface area contributed by atoms with E-state index in [2.05, 4.69) is 22.6 Å². The minimum atomic E-state index is -1.44. The van der Waals surface area contributed by atoms with Crippen LogP contribution in [-0.4, -0.2) is 0 Å². The lowest BCUT2D eigenvalue weighted by atomic mass is 10.3. The Balaban J connectivity index is 2.18. The Bertz CT molecular complexity index is 796. The van der Waals surface area contributed by atoms with Gasteiger partial charge in [-0.1, -0.05) is 18.2 Å². The van der Waals surface area contributed by atoms with Crippen LogP contribution in [0.3, 0.4) is 0 Å². The van der Waals surface area contributed by atoms with Gasteiger partial charge in [0.1, 0.15) is 0 Å². The maximum absolute atomic E-state index is 13.7. The zero-order valence-corrected chi connectivity index (χ0v) is 14.7. The summed E-state index contributed by atoms with van der Waals surface area (Å²) >= 11 is 2.20. The first-order valence-corrected chi connectivity index (χ1v) is 9.06. The Morgan fingerprint density at radius 2 is 1.17 bits per heavy atom. The number of rotatable bonds is 3. The molecule has 5 heteroatoms. The van der Waals surface area contributed by atoms with Gasteiger partial charge in [0.05, 0.1) is 10.9 Å². The first-order valence-electron chi connectivity index (χ1n) is 6.76. The van der Waals surface area contributed by atoms with Gasteiger partial charge >= 0.3 is 0 Å². The molecule has 0 aliphatic carbocycles. The topological polar surface area (TPSA) is 0 Å². The van der Waals surface area contributed by atoms with Crippen molar-refractivity contribution >= 4 is 33.5 Å². The molecule has 0 bridgehead atoms. The van der Waals surface area contributed by atoms with E-state index in [1.54, 1.807) is 0 Å². The first-order chi connectivity index (χ1) is 11.1. The molecule has 0 nitrogen and oxygen atoms in total. The van der Waals surface area contributed by atoms with Crippen molar-refractivity contribution in [2.45, 2.75) is 14.7 Å². The lowest BCUT2D eigenvalue weighted by Gasteiger charge is -2.08. The largest absolute Gasteiger partial charge is 0.203 e. The molecule has 116 valence electrons. The second-order valence-corrected chi connectivity index (χ2v) is 8.05. The Labute approximate surface area is 148 Å². The third kappa shape index (κ3) is 3.55. The Kier molecular flexibility index (Phi) is 4.96. The molecule has 0 aliphatic rings. The first kappa shape index (κ1) is 16.4. The van der Waals surface area contributed by atoms with Gasteiger partial charge in [-0.05, 0) is 59.0 Å². The van der Waals surface area contributed by atoms with Crippen LogP contribution >= 0.6 is 22.6 Å². The van der Waals surface area contributed by atoms with Gasteiger partial charge in [-0.2, -0.15) is 0 Å². The summed E-state index contributed by atoms with van der Waals surface area (Å²) in [7, 11) is -0.702. The smallest absolute Gasteiger partial charge is 0.194 e. The third-order valence-corrected chi connectivity index (χ3v) is 6.13. The quantitative estimate of drug-likeness (QED) is 0.273. The predicted octanol–water partition coefficient (Wildman–Crippen LogP) is 5.80. The van der Waals surface area contributed by atoms with E-state index < -0.39 is 28.3 Å². The molecule has 0 aliphatic heterocycles. The molecule has 0 radical (unpaired) electrons. The van der Waals surface area contributed by atoms with E-state index in [4.69, 9.17) is 0 Å². The van der Waals surface area contributed by atoms with Gasteiger partial charge in [0.2, 0.25) is 0 Å². The Morgan fingerprint density at radius 1 is 0.652 bits per heavy atom. The Morgan fingerprint density at radius 3 is 1.74 bits per heavy atom. The maximum Gasteiger partial charge on any atom is 0.194 e. The fourth-order valence-corrected chi connectivity index (χ4v) is 4.64. The van der Waals surface area contributed by atoms with Crippen LogP contribution in [0.25, 0.3) is 0 Å². The second kappa shape index (κ2) is 6.97. The van der Waals surface area contributed by atoms with Crippen LogP contribution in [0.5, 0.6) is 0 Å². The SMILES string of the molecule is Fc1cc([S+](c2ccccc2)c2ccc(I)cc2)cc(F)c1F. The molecule has 0 spiro atoms. The average Bonchev–Trinajstić information content (AvgIpc) is 2.55. The van der Waals surface area contributed by atoms with Crippen molar-refractivity contribution < 1.29 is 13.2 Å². The van der Waals surface area contributed by atoms with E-state index in [-0.39, 0.29) is 0 Å². The van der Waals surface area contributed by atoms with Crippen LogP contribution in [0.4, 0.5) is 13.2 Å². The standard InChI is InChI=1S/C18H11F3IS/c19-16-10-15(11-17(20)18(16)21)23(13-4-2-1-3-5-13)14-8-6-12(22)7-9-14/h1-11H/q+1. The molecule has 1 atom stereocenters. The van der Waals surface area contributed by atoms with E-state index in [0.717, 1.165) is 25.5 Å². The Hall–Kier alpha value is -1.47. The average molecular weight is 443 g/mol. The molecule has 0 fully saturated rings. The molecular weight excluding hydrogens is 432 g/mol. The molecular formula is C18H11F3IS+. The molecule has 0 saturated carbocycles. The molecule has 0 aromatic heterocycles. The van der Waals surface area contributed by atoms with Crippen molar-refractivity contribution in [3.63, 3.8) is 0 Å². The summed E-state index contributed by atoms with van der Waals surface area (Å²) in [5.74, 6) is -3.77. The van der Waals surface area contributed by atoms with Crippen molar-refractivity contribution in [3.8, 4) is 0 Å². The molecule has 23 heavy (non-hydrogen) atoms. The molecule has 3 rings (SSSR count). The molecule has 0 N–H and O–H groups in total. The highest BCUT2D eigenvalue weighted by Crippen LogP contribution is 2.32. The minimum absolute atomic E-state index is 0.411. The number of halogens is 4. The van der Waals surface area contributed by atoms with Crippen molar-refractivity contribution in [1.82, 2.24) is 0 Å². The van der Waals surface area contributed by atoms with E-state index in [0.29, 0.717) is 4.90 Å². The molecule has 0 heterocycles. The molecule has 3 aromatic rings. The van der Waals surface area contributed by atoms with E-state index >= 15 is 0 Å². The highest BCUT2D eigenvalue weighted by atomic mass is 127. The van der Waals surface area contributed by atoms with Crippen LogP contribution in [0.15, 0.2) is 81.4 Å². The highest BCUT2D eigenvalue weighted by molar-refractivity contribution is 14.1. The third-order valence-electron chi connectivity index (χ3n) is 3.22. The zero-order valence-electron chi connectivity index (χ0n) is 11.8. The fraction of sp³-hybridized carbons (Fsp3) is 0. The molecule has 0 saturated heterocycles. The fourth-order valence-electron chi connectivity index (χ4n) is 2.19. The highest BCUT2D eigenvalue weighted by Gasteiger charge is 2.30. The van der Waals surface area contributed by atoms with Crippen LogP contribution in [0.1, 0.15) is 0 Å². The number of hydrogen-bond acceptors (Lipinski definition) is 0. The number of hydrogen-bond donors (Lipinski definition) is 0. The zero-order chi connectivity index (χ0) is 16.4. The molecule has 1 unspecified atom stereocenters. The minimum Gasteiger partial charge on any atom is -0.203 e. The van der Waals surface area contributed by atoms with Gasteiger partial charge in [-0.25, -0.2) is 13.2 Å². The van der Waals surface area contributed by atoms with Gasteiger partial charge < -0.3 is 0 Å². The van der Waals surface area contributed by atoms with Crippen molar-refractivity contribution in [2.75, 3.05) is 0 Å². The van der Waals surface area contributed by atoms with Crippen LogP contribution in [0, 0.1) is 21.0 Å². The van der Waals surface area contributed by atoms with Gasteiger partial charge in [0, 0.05) is 15.7 Å². The second-order valence-electron chi connectivity index (χ2n) is 4.77. The van der Waals surface area contributed by atoms with E-state index in [1.165, 1.54) is 0 Å². The van der Waals surface area contributed by atoms with Gasteiger partial charge in [-0.15, -0.1) is 0 Å². The number of benzene rings is 3. The summed E-state index contributed by atoms with van der Waals surface area (Å²) < 4.78 is 41.7. The summed E-state index contributed by atoms with van der Waals surface area (Å²) in [6.45, 7) is 0. The van der Waals surface area contributed by atoms with Gasteiger partial charge in [-0.3, -0.25) is 0 Å². The maximum atomic E-state index is 13.7. The van der Waals surface area contributed by atoms with E-state index in [9.17, 15) is 13.2 Å². The van der Waals surface area contributed by atoms with Crippen molar-refractivity contribution in [2.24, 2.45) is 0 Å². The molecule has 3 aromatic carbocycles. The predicted molar refractivity (Wildman–Crippen MR) is 94.1 cm³/mol. The lowest BCUT2D eigenvalue weighted by molar-refractivity contribution is 0.443.